The van der Waals surface area contributed by atoms with Crippen LogP contribution < -0.4 is 16.5 Å². The number of anilines is 2. The van der Waals surface area contributed by atoms with Gasteiger partial charge in [-0.05, 0) is 18.2 Å². The van der Waals surface area contributed by atoms with Crippen LogP contribution in [0.3, 0.4) is 0 Å². The van der Waals surface area contributed by atoms with Gasteiger partial charge in [0.15, 0.2) is 28.1 Å². The van der Waals surface area contributed by atoms with Crippen molar-refractivity contribution in [2.24, 2.45) is 0 Å². The Morgan fingerprint density at radius 3 is 2.70 bits per heavy atom. The largest absolute Gasteiger partial charge is 0.519 e. The number of fused-ring (bicyclic) bond motifs is 2. The van der Waals surface area contributed by atoms with Gasteiger partial charge in [0.05, 0.1) is 25.1 Å². The van der Waals surface area contributed by atoms with E-state index in [1.54, 1.807) is 24.4 Å². The van der Waals surface area contributed by atoms with Crippen molar-refractivity contribution < 1.29 is 13.6 Å². The van der Waals surface area contributed by atoms with Gasteiger partial charge in [0, 0.05) is 18.7 Å². The molecule has 3 aromatic heterocycles. The van der Waals surface area contributed by atoms with Gasteiger partial charge in [0.2, 0.25) is 5.95 Å². The van der Waals surface area contributed by atoms with Gasteiger partial charge in [-0.15, -0.1) is 0 Å². The Morgan fingerprint density at radius 1 is 1.04 bits per heavy atom. The highest BCUT2D eigenvalue weighted by Crippen LogP contribution is 2.27. The van der Waals surface area contributed by atoms with E-state index in [0.29, 0.717) is 60.1 Å². The standard InChI is InChI=1S/C17H14N6O4/c18-16-21-14-13(15(22-16)23-3-5-25-6-4-23)20-10(8-19-14)9-1-2-11-12(7-9)27-17(24)26-11/h1-2,7-8H,3-6H2,(H2,18,19,21,22). The van der Waals surface area contributed by atoms with Crippen molar-refractivity contribution in [3.63, 3.8) is 0 Å². The minimum Gasteiger partial charge on any atom is -0.391 e. The van der Waals surface area contributed by atoms with E-state index in [-0.39, 0.29) is 5.95 Å². The number of ether oxygens (including phenoxy) is 1. The van der Waals surface area contributed by atoms with E-state index >= 15 is 0 Å². The summed E-state index contributed by atoms with van der Waals surface area (Å²) in [6.07, 6.45) is 1.59. The number of morpholine rings is 1. The topological polar surface area (TPSA) is 133 Å². The fourth-order valence-corrected chi connectivity index (χ4v) is 3.08. The van der Waals surface area contributed by atoms with Gasteiger partial charge in [-0.1, -0.05) is 0 Å². The number of nitrogens with two attached hydrogens (primary N) is 1. The summed E-state index contributed by atoms with van der Waals surface area (Å²) in [5.41, 5.74) is 8.87. The van der Waals surface area contributed by atoms with Gasteiger partial charge in [-0.2, -0.15) is 9.97 Å². The summed E-state index contributed by atoms with van der Waals surface area (Å²) in [7, 11) is 0. The Labute approximate surface area is 151 Å². The highest BCUT2D eigenvalue weighted by molar-refractivity contribution is 5.86. The molecule has 27 heavy (non-hydrogen) atoms. The molecule has 10 heteroatoms. The quantitative estimate of drug-likeness (QED) is 0.551. The lowest BCUT2D eigenvalue weighted by Gasteiger charge is -2.28. The summed E-state index contributed by atoms with van der Waals surface area (Å²) >= 11 is 0. The molecule has 1 fully saturated rings. The number of rotatable bonds is 2. The van der Waals surface area contributed by atoms with Crippen LogP contribution in [0.2, 0.25) is 0 Å². The molecule has 0 saturated carbocycles. The van der Waals surface area contributed by atoms with Crippen LogP contribution in [0.4, 0.5) is 11.8 Å². The Kier molecular flexibility index (Phi) is 3.50. The molecule has 1 aliphatic rings. The minimum atomic E-state index is -0.745. The zero-order valence-electron chi connectivity index (χ0n) is 14.1. The number of hydrogen-bond acceptors (Lipinski definition) is 10. The molecule has 1 aromatic carbocycles. The van der Waals surface area contributed by atoms with E-state index in [1.165, 1.54) is 0 Å². The van der Waals surface area contributed by atoms with E-state index in [4.69, 9.17) is 24.3 Å². The van der Waals surface area contributed by atoms with Gasteiger partial charge in [-0.3, -0.25) is 0 Å². The average molecular weight is 366 g/mol. The molecule has 0 atom stereocenters. The molecule has 0 aliphatic carbocycles. The number of hydrogen-bond donors (Lipinski definition) is 1. The van der Waals surface area contributed by atoms with Crippen LogP contribution in [-0.2, 0) is 4.74 Å². The lowest BCUT2D eigenvalue weighted by atomic mass is 10.1. The molecule has 0 radical (unpaired) electrons. The van der Waals surface area contributed by atoms with Gasteiger partial charge >= 0.3 is 5.82 Å². The normalized spacial score (nSPS) is 14.9. The van der Waals surface area contributed by atoms with E-state index in [9.17, 15) is 4.79 Å². The zero-order valence-corrected chi connectivity index (χ0v) is 14.1. The lowest BCUT2D eigenvalue weighted by Crippen LogP contribution is -2.37. The average Bonchev–Trinajstić information content (AvgIpc) is 3.07. The number of nitrogen functional groups attached to an aromatic ring is 1. The molecule has 0 unspecified atom stereocenters. The zero-order chi connectivity index (χ0) is 18.4. The molecule has 0 spiro atoms. The second-order valence-corrected chi connectivity index (χ2v) is 6.05. The van der Waals surface area contributed by atoms with E-state index in [2.05, 4.69) is 19.9 Å². The van der Waals surface area contributed by atoms with Crippen LogP contribution in [0.25, 0.3) is 33.6 Å². The molecule has 0 bridgehead atoms. The van der Waals surface area contributed by atoms with Crippen LogP contribution in [0, 0.1) is 0 Å². The predicted molar refractivity (Wildman–Crippen MR) is 96.3 cm³/mol. The molecule has 4 heterocycles. The maximum atomic E-state index is 11.3. The van der Waals surface area contributed by atoms with Gasteiger partial charge in [-0.25, -0.2) is 14.8 Å². The molecule has 10 nitrogen and oxygen atoms in total. The van der Waals surface area contributed by atoms with Gasteiger partial charge in [0.1, 0.15) is 0 Å². The highest BCUT2D eigenvalue weighted by atomic mass is 16.6. The second-order valence-electron chi connectivity index (χ2n) is 6.05. The van der Waals surface area contributed by atoms with Crippen LogP contribution in [-0.4, -0.2) is 46.2 Å². The molecule has 5 rings (SSSR count). The predicted octanol–water partition coefficient (Wildman–Crippen LogP) is 1.21. The molecule has 136 valence electrons. The van der Waals surface area contributed by atoms with Crippen LogP contribution >= 0.6 is 0 Å². The van der Waals surface area contributed by atoms with Crippen molar-refractivity contribution in [3.05, 3.63) is 35.0 Å². The first kappa shape index (κ1) is 15.7. The molecule has 0 amide bonds. The Morgan fingerprint density at radius 2 is 1.85 bits per heavy atom. The smallest absolute Gasteiger partial charge is 0.391 e. The monoisotopic (exact) mass is 366 g/mol. The maximum Gasteiger partial charge on any atom is 0.519 e. The highest BCUT2D eigenvalue weighted by Gasteiger charge is 2.19. The van der Waals surface area contributed by atoms with Crippen molar-refractivity contribution in [3.8, 4) is 11.3 Å². The summed E-state index contributed by atoms with van der Waals surface area (Å²) in [5.74, 6) is 0.0314. The molecule has 4 aromatic rings. The van der Waals surface area contributed by atoms with Crippen molar-refractivity contribution in [2.45, 2.75) is 0 Å². The van der Waals surface area contributed by atoms with E-state index < -0.39 is 5.82 Å². The molecular weight excluding hydrogens is 352 g/mol. The third kappa shape index (κ3) is 2.75. The molecule has 1 aliphatic heterocycles. The number of nitrogens with zero attached hydrogens (tertiary/aromatic N) is 5. The van der Waals surface area contributed by atoms with Crippen LogP contribution in [0.1, 0.15) is 0 Å². The summed E-state index contributed by atoms with van der Waals surface area (Å²) < 4.78 is 15.4. The summed E-state index contributed by atoms with van der Waals surface area (Å²) in [4.78, 5) is 31.0. The Balaban J connectivity index is 1.66. The molecule has 2 N–H and O–H groups in total. The fraction of sp³-hybridized carbons (Fsp3) is 0.235. The number of aromatic nitrogens is 4. The van der Waals surface area contributed by atoms with Crippen LogP contribution in [0.15, 0.2) is 38.0 Å². The van der Waals surface area contributed by atoms with Crippen molar-refractivity contribution in [1.82, 2.24) is 19.9 Å². The Bertz CT molecular complexity index is 1210. The van der Waals surface area contributed by atoms with E-state index in [1.807, 2.05) is 0 Å². The van der Waals surface area contributed by atoms with Gasteiger partial charge < -0.3 is 24.2 Å². The first-order valence-corrected chi connectivity index (χ1v) is 8.34. The molecule has 1 saturated heterocycles. The van der Waals surface area contributed by atoms with E-state index in [0.717, 1.165) is 5.56 Å². The van der Waals surface area contributed by atoms with Gasteiger partial charge in [0.25, 0.3) is 0 Å². The lowest BCUT2D eigenvalue weighted by molar-refractivity contribution is 0.122. The second kappa shape index (κ2) is 6.02. The third-order valence-electron chi connectivity index (χ3n) is 4.34. The van der Waals surface area contributed by atoms with Crippen molar-refractivity contribution >= 4 is 34.1 Å². The summed E-state index contributed by atoms with van der Waals surface area (Å²) in [5, 5.41) is 0. The first-order chi connectivity index (χ1) is 13.2. The first-order valence-electron chi connectivity index (χ1n) is 8.34. The maximum absolute atomic E-state index is 11.3. The third-order valence-corrected chi connectivity index (χ3v) is 4.34. The molecular formula is C17H14N6O4. The van der Waals surface area contributed by atoms with Crippen molar-refractivity contribution in [2.75, 3.05) is 36.9 Å². The summed E-state index contributed by atoms with van der Waals surface area (Å²) in [6, 6.07) is 5.12. The number of benzene rings is 1. The minimum absolute atomic E-state index is 0.146. The van der Waals surface area contributed by atoms with Crippen molar-refractivity contribution in [1.29, 1.82) is 0 Å². The summed E-state index contributed by atoms with van der Waals surface area (Å²) in [6.45, 7) is 2.58. The van der Waals surface area contributed by atoms with Crippen LogP contribution in [0.5, 0.6) is 0 Å². The Hall–Kier alpha value is -3.53. The SMILES string of the molecule is Nc1nc(N2CCOCC2)c2nc(-c3ccc4oc(=O)oc4c3)cnc2n1. The fourth-order valence-electron chi connectivity index (χ4n) is 3.08.